The molecule has 0 aliphatic rings. The molecule has 0 unspecified atom stereocenters. The Labute approximate surface area is 128 Å². The van der Waals surface area contributed by atoms with Gasteiger partial charge in [0, 0.05) is 24.7 Å². The standard InChI is InChI=1S/C11H14N4O3.2ClH/c12-5-1-2-6-14-9-4-3-8(11(13)16)7-10(9)15(17)18;;/h1-4,7,14H,5-6,12H2,(H2,13,16);2*1H. The smallest absolute Gasteiger partial charge is 0.293 e. The number of nitro benzene ring substituents is 1. The third kappa shape index (κ3) is 5.87. The highest BCUT2D eigenvalue weighted by atomic mass is 35.5. The molecular weight excluding hydrogens is 307 g/mol. The highest BCUT2D eigenvalue weighted by Gasteiger charge is 2.15. The van der Waals surface area contributed by atoms with Crippen LogP contribution in [0.4, 0.5) is 11.4 Å². The molecule has 0 saturated heterocycles. The first-order valence-electron chi connectivity index (χ1n) is 5.23. The quantitative estimate of drug-likeness (QED) is 0.415. The molecule has 0 fully saturated rings. The maximum absolute atomic E-state index is 10.9. The molecule has 0 aromatic heterocycles. The van der Waals surface area contributed by atoms with Crippen molar-refractivity contribution < 1.29 is 9.72 Å². The average molecular weight is 323 g/mol. The second-order valence-corrected chi connectivity index (χ2v) is 3.44. The van der Waals surface area contributed by atoms with Crippen molar-refractivity contribution in [2.75, 3.05) is 18.4 Å². The van der Waals surface area contributed by atoms with Crippen molar-refractivity contribution in [2.45, 2.75) is 0 Å². The van der Waals surface area contributed by atoms with Crippen LogP contribution in [-0.2, 0) is 0 Å². The van der Waals surface area contributed by atoms with Gasteiger partial charge in [0.15, 0.2) is 0 Å². The van der Waals surface area contributed by atoms with Crippen LogP contribution in [0, 0.1) is 10.1 Å². The fourth-order valence-corrected chi connectivity index (χ4v) is 1.33. The molecule has 0 aliphatic heterocycles. The second-order valence-electron chi connectivity index (χ2n) is 3.44. The van der Waals surface area contributed by atoms with Gasteiger partial charge in [-0.2, -0.15) is 0 Å². The van der Waals surface area contributed by atoms with Crippen LogP contribution in [-0.4, -0.2) is 23.9 Å². The minimum Gasteiger partial charge on any atom is -0.376 e. The van der Waals surface area contributed by atoms with Crippen molar-refractivity contribution in [1.82, 2.24) is 0 Å². The average Bonchev–Trinajstić information content (AvgIpc) is 2.34. The van der Waals surface area contributed by atoms with Crippen molar-refractivity contribution >= 4 is 42.1 Å². The van der Waals surface area contributed by atoms with Gasteiger partial charge in [0.25, 0.3) is 5.69 Å². The fourth-order valence-electron chi connectivity index (χ4n) is 1.33. The Balaban J connectivity index is 0. The third-order valence-corrected chi connectivity index (χ3v) is 2.19. The van der Waals surface area contributed by atoms with Gasteiger partial charge in [-0.15, -0.1) is 24.8 Å². The van der Waals surface area contributed by atoms with E-state index >= 15 is 0 Å². The number of halogens is 2. The van der Waals surface area contributed by atoms with Gasteiger partial charge >= 0.3 is 0 Å². The first-order valence-corrected chi connectivity index (χ1v) is 5.23. The van der Waals surface area contributed by atoms with E-state index in [1.807, 2.05) is 0 Å². The topological polar surface area (TPSA) is 124 Å². The van der Waals surface area contributed by atoms with Crippen LogP contribution in [0.3, 0.4) is 0 Å². The van der Waals surface area contributed by atoms with Crippen LogP contribution in [0.15, 0.2) is 30.4 Å². The SMILES string of the molecule is Cl.Cl.NCC=CCNc1ccc(C(N)=O)cc1[N+](=O)[O-]. The Hall–Kier alpha value is -1.83. The van der Waals surface area contributed by atoms with Crippen molar-refractivity contribution in [3.8, 4) is 0 Å². The summed E-state index contributed by atoms with van der Waals surface area (Å²) in [6.07, 6.45) is 3.49. The van der Waals surface area contributed by atoms with Crippen molar-refractivity contribution in [3.05, 3.63) is 46.0 Å². The third-order valence-electron chi connectivity index (χ3n) is 2.19. The van der Waals surface area contributed by atoms with Crippen LogP contribution in [0.1, 0.15) is 10.4 Å². The van der Waals surface area contributed by atoms with Gasteiger partial charge in [-0.1, -0.05) is 12.2 Å². The summed E-state index contributed by atoms with van der Waals surface area (Å²) in [4.78, 5) is 21.2. The molecule has 1 aromatic carbocycles. The number of nitro groups is 1. The van der Waals surface area contributed by atoms with E-state index in [-0.39, 0.29) is 36.1 Å². The van der Waals surface area contributed by atoms with E-state index in [2.05, 4.69) is 5.32 Å². The highest BCUT2D eigenvalue weighted by molar-refractivity contribution is 5.94. The van der Waals surface area contributed by atoms with Gasteiger partial charge < -0.3 is 16.8 Å². The predicted octanol–water partition coefficient (Wildman–Crippen LogP) is 1.46. The lowest BCUT2D eigenvalue weighted by molar-refractivity contribution is -0.384. The second kappa shape index (κ2) is 10.0. The molecule has 0 heterocycles. The number of carbonyl (C=O) groups excluding carboxylic acids is 1. The van der Waals surface area contributed by atoms with Crippen molar-refractivity contribution in [3.63, 3.8) is 0 Å². The Morgan fingerprint density at radius 1 is 1.35 bits per heavy atom. The van der Waals surface area contributed by atoms with Crippen LogP contribution in [0.2, 0.25) is 0 Å². The lowest BCUT2D eigenvalue weighted by Gasteiger charge is -2.05. The molecule has 1 amide bonds. The lowest BCUT2D eigenvalue weighted by Crippen LogP contribution is -2.12. The molecule has 0 atom stereocenters. The van der Waals surface area contributed by atoms with E-state index in [0.29, 0.717) is 18.8 Å². The number of anilines is 1. The highest BCUT2D eigenvalue weighted by Crippen LogP contribution is 2.25. The molecule has 0 radical (unpaired) electrons. The number of nitrogens with zero attached hydrogens (tertiary/aromatic N) is 1. The Morgan fingerprint density at radius 3 is 2.50 bits per heavy atom. The van der Waals surface area contributed by atoms with E-state index in [0.717, 1.165) is 6.07 Å². The van der Waals surface area contributed by atoms with E-state index < -0.39 is 10.8 Å². The van der Waals surface area contributed by atoms with E-state index in [9.17, 15) is 14.9 Å². The molecule has 20 heavy (non-hydrogen) atoms. The fraction of sp³-hybridized carbons (Fsp3) is 0.182. The zero-order valence-electron chi connectivity index (χ0n) is 10.4. The number of benzene rings is 1. The summed E-state index contributed by atoms with van der Waals surface area (Å²) in [5.74, 6) is -0.701. The largest absolute Gasteiger partial charge is 0.376 e. The lowest BCUT2D eigenvalue weighted by atomic mass is 10.1. The van der Waals surface area contributed by atoms with Crippen LogP contribution in [0.5, 0.6) is 0 Å². The predicted molar refractivity (Wildman–Crippen MR) is 82.8 cm³/mol. The number of rotatable bonds is 6. The normalized spacial score (nSPS) is 9.45. The summed E-state index contributed by atoms with van der Waals surface area (Å²) < 4.78 is 0. The zero-order chi connectivity index (χ0) is 13.5. The molecule has 9 heteroatoms. The van der Waals surface area contributed by atoms with Crippen LogP contribution < -0.4 is 16.8 Å². The maximum Gasteiger partial charge on any atom is 0.293 e. The Bertz CT molecular complexity index is 495. The molecule has 112 valence electrons. The Kier molecular flexibility index (Phi) is 10.3. The van der Waals surface area contributed by atoms with Crippen molar-refractivity contribution in [2.24, 2.45) is 11.5 Å². The molecule has 0 aliphatic carbocycles. The van der Waals surface area contributed by atoms with E-state index in [1.54, 1.807) is 12.2 Å². The van der Waals surface area contributed by atoms with Gasteiger partial charge in [-0.05, 0) is 12.1 Å². The van der Waals surface area contributed by atoms with E-state index in [4.69, 9.17) is 11.5 Å². The summed E-state index contributed by atoms with van der Waals surface area (Å²) in [6, 6.07) is 4.04. The zero-order valence-corrected chi connectivity index (χ0v) is 12.1. The van der Waals surface area contributed by atoms with E-state index in [1.165, 1.54) is 12.1 Å². The minimum atomic E-state index is -0.701. The van der Waals surface area contributed by atoms with Gasteiger partial charge in [0.2, 0.25) is 5.91 Å². The summed E-state index contributed by atoms with van der Waals surface area (Å²) in [7, 11) is 0. The van der Waals surface area contributed by atoms with Crippen molar-refractivity contribution in [1.29, 1.82) is 0 Å². The number of hydrogen-bond acceptors (Lipinski definition) is 5. The molecule has 0 bridgehead atoms. The van der Waals surface area contributed by atoms with Crippen LogP contribution in [0.25, 0.3) is 0 Å². The van der Waals surface area contributed by atoms with Crippen LogP contribution >= 0.6 is 24.8 Å². The summed E-state index contributed by atoms with van der Waals surface area (Å²) in [5.41, 5.74) is 10.6. The number of primary amides is 1. The number of carbonyl (C=O) groups is 1. The molecule has 1 aromatic rings. The van der Waals surface area contributed by atoms with Gasteiger partial charge in [-0.3, -0.25) is 14.9 Å². The first kappa shape index (κ1) is 20.5. The molecule has 5 N–H and O–H groups in total. The van der Waals surface area contributed by atoms with Gasteiger partial charge in [-0.25, -0.2) is 0 Å². The summed E-state index contributed by atoms with van der Waals surface area (Å²) in [5, 5.41) is 13.7. The first-order chi connectivity index (χ1) is 8.56. The molecule has 7 nitrogen and oxygen atoms in total. The minimum absolute atomic E-state index is 0. The monoisotopic (exact) mass is 322 g/mol. The number of amides is 1. The van der Waals surface area contributed by atoms with Gasteiger partial charge in [0.05, 0.1) is 4.92 Å². The number of nitrogens with one attached hydrogen (secondary N) is 1. The Morgan fingerprint density at radius 2 is 2.00 bits per heavy atom. The molecule has 0 saturated carbocycles. The molecular formula is C11H16Cl2N4O3. The number of nitrogens with two attached hydrogens (primary N) is 2. The number of hydrogen-bond donors (Lipinski definition) is 3. The summed E-state index contributed by atoms with van der Waals surface area (Å²) in [6.45, 7) is 0.818. The molecule has 0 spiro atoms. The summed E-state index contributed by atoms with van der Waals surface area (Å²) >= 11 is 0. The molecule has 1 rings (SSSR count). The maximum atomic E-state index is 10.9. The van der Waals surface area contributed by atoms with Gasteiger partial charge in [0.1, 0.15) is 5.69 Å².